The number of nitro benzene ring substituents is 1. The number of anilines is 1. The summed E-state index contributed by atoms with van der Waals surface area (Å²) in [7, 11) is 3.05. The third-order valence-electron chi connectivity index (χ3n) is 6.30. The number of amides is 1. The second-order valence-electron chi connectivity index (χ2n) is 8.54. The van der Waals surface area contributed by atoms with Crippen LogP contribution in [0.25, 0.3) is 16.0 Å². The van der Waals surface area contributed by atoms with Crippen LogP contribution in [0.5, 0.6) is 11.5 Å². The lowest BCUT2D eigenvalue weighted by Crippen LogP contribution is -2.29. The molecule has 1 N–H and O–H groups in total. The molecule has 1 atom stereocenters. The van der Waals surface area contributed by atoms with Gasteiger partial charge in [-0.05, 0) is 54.4 Å². The Morgan fingerprint density at radius 2 is 1.87 bits per heavy atom. The monoisotopic (exact) mass is 531 g/mol. The number of ether oxygens (including phenoxy) is 2. The number of carbonyl (C=O) groups excluding carboxylic acids is 2. The number of nitrogens with zero attached hydrogens (tertiary/aromatic N) is 3. The van der Waals surface area contributed by atoms with Gasteiger partial charge in [-0.15, -0.1) is 0 Å². The number of aryl methyl sites for hydroxylation is 1. The van der Waals surface area contributed by atoms with E-state index < -0.39 is 28.4 Å². The number of aliphatic hydroxyl groups is 1. The topological polar surface area (TPSA) is 132 Å². The van der Waals surface area contributed by atoms with E-state index in [9.17, 15) is 24.8 Å². The van der Waals surface area contributed by atoms with Gasteiger partial charge in [-0.25, -0.2) is 4.98 Å². The first-order chi connectivity index (χ1) is 18.2. The van der Waals surface area contributed by atoms with E-state index in [2.05, 4.69) is 4.98 Å². The smallest absolute Gasteiger partial charge is 0.301 e. The summed E-state index contributed by atoms with van der Waals surface area (Å²) < 4.78 is 11.3. The van der Waals surface area contributed by atoms with Crippen molar-refractivity contribution in [2.75, 3.05) is 19.1 Å². The highest BCUT2D eigenvalue weighted by atomic mass is 32.1. The van der Waals surface area contributed by atoms with Crippen molar-refractivity contribution in [1.29, 1.82) is 0 Å². The Morgan fingerprint density at radius 3 is 2.55 bits per heavy atom. The first-order valence-corrected chi connectivity index (χ1v) is 12.2. The fraction of sp³-hybridized carbons (Fsp3) is 0.148. The fourth-order valence-electron chi connectivity index (χ4n) is 4.46. The molecule has 38 heavy (non-hydrogen) atoms. The highest BCUT2D eigenvalue weighted by Crippen LogP contribution is 2.45. The summed E-state index contributed by atoms with van der Waals surface area (Å²) >= 11 is 1.16. The molecule has 1 amide bonds. The second kappa shape index (κ2) is 9.60. The van der Waals surface area contributed by atoms with Gasteiger partial charge >= 0.3 is 5.91 Å². The lowest BCUT2D eigenvalue weighted by atomic mass is 9.94. The molecule has 0 spiro atoms. The number of rotatable bonds is 6. The molecule has 5 rings (SSSR count). The minimum Gasteiger partial charge on any atom is -0.507 e. The zero-order valence-corrected chi connectivity index (χ0v) is 21.3. The molecule has 0 radical (unpaired) electrons. The van der Waals surface area contributed by atoms with E-state index in [0.29, 0.717) is 32.8 Å². The molecule has 1 aromatic heterocycles. The van der Waals surface area contributed by atoms with Crippen LogP contribution in [-0.4, -0.2) is 40.9 Å². The van der Waals surface area contributed by atoms with Crippen LogP contribution in [0.2, 0.25) is 0 Å². The number of nitro groups is 1. The number of aliphatic hydroxyl groups excluding tert-OH is 1. The standard InChI is InChI=1S/C27H21N3O7S/c1-14-11-16(7-10-20(14)37-3)24(31)22-23(15-5-4-6-17(12-15)30(34)35)29(26(33)25(22)32)27-28-19-9-8-18(36-2)13-21(19)38-27/h4-13,23,31H,1-3H3/b24-22+/t23-/m1/s1. The average molecular weight is 532 g/mol. The van der Waals surface area contributed by atoms with Crippen molar-refractivity contribution in [2.45, 2.75) is 13.0 Å². The maximum atomic E-state index is 13.4. The Labute approximate surface area is 220 Å². The molecule has 192 valence electrons. The number of non-ortho nitro benzene ring substituents is 1. The molecule has 11 heteroatoms. The summed E-state index contributed by atoms with van der Waals surface area (Å²) in [4.78, 5) is 43.6. The van der Waals surface area contributed by atoms with Gasteiger partial charge in [-0.2, -0.15) is 0 Å². The molecule has 3 aromatic carbocycles. The summed E-state index contributed by atoms with van der Waals surface area (Å²) in [5.41, 5.74) is 1.45. The van der Waals surface area contributed by atoms with Crippen LogP contribution in [0.3, 0.4) is 0 Å². The van der Waals surface area contributed by atoms with Gasteiger partial charge in [0.25, 0.3) is 11.5 Å². The maximum absolute atomic E-state index is 13.4. The zero-order valence-electron chi connectivity index (χ0n) is 20.5. The number of carbonyl (C=O) groups is 2. The minimum absolute atomic E-state index is 0.197. The number of thiazole rings is 1. The molecule has 0 bridgehead atoms. The molecule has 4 aromatic rings. The van der Waals surface area contributed by atoms with E-state index in [1.807, 2.05) is 0 Å². The molecular weight excluding hydrogens is 510 g/mol. The van der Waals surface area contributed by atoms with Crippen LogP contribution >= 0.6 is 11.3 Å². The van der Waals surface area contributed by atoms with Crippen molar-refractivity contribution in [3.8, 4) is 11.5 Å². The van der Waals surface area contributed by atoms with E-state index in [0.717, 1.165) is 11.3 Å². The number of fused-ring (bicyclic) bond motifs is 1. The molecule has 10 nitrogen and oxygen atoms in total. The summed E-state index contributed by atoms with van der Waals surface area (Å²) in [6.07, 6.45) is 0. The Balaban J connectivity index is 1.74. The highest BCUT2D eigenvalue weighted by molar-refractivity contribution is 7.22. The fourth-order valence-corrected chi connectivity index (χ4v) is 5.48. The molecule has 1 fully saturated rings. The van der Waals surface area contributed by atoms with E-state index in [4.69, 9.17) is 9.47 Å². The molecule has 1 aliphatic heterocycles. The Hall–Kier alpha value is -4.77. The van der Waals surface area contributed by atoms with Gasteiger partial charge in [-0.3, -0.25) is 24.6 Å². The molecule has 2 heterocycles. The van der Waals surface area contributed by atoms with E-state index in [-0.39, 0.29) is 22.0 Å². The number of methoxy groups -OCH3 is 2. The van der Waals surface area contributed by atoms with Crippen molar-refractivity contribution >= 4 is 49.8 Å². The highest BCUT2D eigenvalue weighted by Gasteiger charge is 2.48. The zero-order chi connectivity index (χ0) is 27.1. The van der Waals surface area contributed by atoms with Crippen LogP contribution < -0.4 is 14.4 Å². The number of Topliss-reactive ketones (excluding diaryl/α,β-unsaturated/α-hetero) is 1. The Kier molecular flexibility index (Phi) is 6.29. The van der Waals surface area contributed by atoms with Crippen LogP contribution in [-0.2, 0) is 9.59 Å². The summed E-state index contributed by atoms with van der Waals surface area (Å²) in [6, 6.07) is 14.5. The summed E-state index contributed by atoms with van der Waals surface area (Å²) in [5.74, 6) is -1.05. The van der Waals surface area contributed by atoms with Crippen LogP contribution in [0.15, 0.2) is 66.2 Å². The normalized spacial score (nSPS) is 16.7. The van der Waals surface area contributed by atoms with Gasteiger partial charge in [0, 0.05) is 17.7 Å². The molecule has 1 saturated heterocycles. The lowest BCUT2D eigenvalue weighted by molar-refractivity contribution is -0.384. The summed E-state index contributed by atoms with van der Waals surface area (Å²) in [5, 5.41) is 23.1. The molecule has 0 saturated carbocycles. The largest absolute Gasteiger partial charge is 0.507 e. The van der Waals surface area contributed by atoms with Gasteiger partial charge in [-0.1, -0.05) is 23.5 Å². The van der Waals surface area contributed by atoms with Crippen molar-refractivity contribution in [2.24, 2.45) is 0 Å². The predicted octanol–water partition coefficient (Wildman–Crippen LogP) is 5.16. The molecule has 0 unspecified atom stereocenters. The van der Waals surface area contributed by atoms with Gasteiger partial charge in [0.15, 0.2) is 5.13 Å². The maximum Gasteiger partial charge on any atom is 0.301 e. The van der Waals surface area contributed by atoms with Gasteiger partial charge in [0.05, 0.1) is 41.0 Å². The third-order valence-corrected chi connectivity index (χ3v) is 7.32. The first kappa shape index (κ1) is 24.9. The van der Waals surface area contributed by atoms with Crippen molar-refractivity contribution in [1.82, 2.24) is 4.98 Å². The Bertz CT molecular complexity index is 1660. The van der Waals surface area contributed by atoms with E-state index >= 15 is 0 Å². The average Bonchev–Trinajstić information content (AvgIpc) is 3.45. The van der Waals surface area contributed by atoms with E-state index in [1.54, 1.807) is 49.4 Å². The number of aromatic nitrogens is 1. The number of hydrogen-bond donors (Lipinski definition) is 1. The predicted molar refractivity (Wildman–Crippen MR) is 142 cm³/mol. The number of ketones is 1. The molecule has 1 aliphatic rings. The van der Waals surface area contributed by atoms with Crippen molar-refractivity contribution in [3.63, 3.8) is 0 Å². The summed E-state index contributed by atoms with van der Waals surface area (Å²) in [6.45, 7) is 1.78. The van der Waals surface area contributed by atoms with Crippen LogP contribution in [0.1, 0.15) is 22.7 Å². The molecule has 0 aliphatic carbocycles. The third kappa shape index (κ3) is 4.12. The second-order valence-corrected chi connectivity index (χ2v) is 9.54. The van der Waals surface area contributed by atoms with Crippen molar-refractivity contribution < 1.29 is 29.1 Å². The van der Waals surface area contributed by atoms with Gasteiger partial charge in [0.1, 0.15) is 17.3 Å². The van der Waals surface area contributed by atoms with E-state index in [1.165, 1.54) is 37.3 Å². The molecular formula is C27H21N3O7S. The van der Waals surface area contributed by atoms with Crippen LogP contribution in [0.4, 0.5) is 10.8 Å². The number of hydrogen-bond acceptors (Lipinski definition) is 9. The SMILES string of the molecule is COc1ccc2nc(N3C(=O)C(=O)/C(=C(/O)c4ccc(OC)c(C)c4)[C@H]3c3cccc([N+](=O)[O-])c3)sc2c1. The Morgan fingerprint density at radius 1 is 1.08 bits per heavy atom. The quantitative estimate of drug-likeness (QED) is 0.119. The minimum atomic E-state index is -1.15. The van der Waals surface area contributed by atoms with Crippen molar-refractivity contribution in [3.05, 3.63) is 93.0 Å². The lowest BCUT2D eigenvalue weighted by Gasteiger charge is -2.22. The number of benzene rings is 3. The van der Waals surface area contributed by atoms with Gasteiger partial charge in [0.2, 0.25) is 0 Å². The first-order valence-electron chi connectivity index (χ1n) is 11.4. The van der Waals surface area contributed by atoms with Gasteiger partial charge < -0.3 is 14.6 Å². The van der Waals surface area contributed by atoms with Crippen LogP contribution in [0, 0.1) is 17.0 Å².